The Morgan fingerprint density at radius 3 is 2.23 bits per heavy atom. The van der Waals surface area contributed by atoms with E-state index >= 15 is 0 Å². The molecule has 2 aliphatic heterocycles. The molecule has 0 saturated carbocycles. The van der Waals surface area contributed by atoms with Crippen molar-refractivity contribution in [2.24, 2.45) is 5.92 Å². The highest BCUT2D eigenvalue weighted by Gasteiger charge is 2.32. The lowest BCUT2D eigenvalue weighted by Gasteiger charge is -2.38. The number of aromatic nitrogens is 3. The minimum atomic E-state index is -3.09. The van der Waals surface area contributed by atoms with Gasteiger partial charge in [-0.2, -0.15) is 0 Å². The van der Waals surface area contributed by atoms with Crippen LogP contribution in [0.4, 0.5) is 0 Å². The number of benzene rings is 1. The molecule has 2 aromatic rings. The number of rotatable bonds is 9. The quantitative estimate of drug-likeness (QED) is 0.503. The molecule has 4 rings (SSSR count). The van der Waals surface area contributed by atoms with Gasteiger partial charge in [0.2, 0.25) is 10.0 Å². The van der Waals surface area contributed by atoms with Gasteiger partial charge in [-0.1, -0.05) is 44.2 Å². The topological polar surface area (TPSA) is 71.3 Å². The predicted octanol–water partition coefficient (Wildman–Crippen LogP) is 4.58. The Balaban J connectivity index is 1.36. The molecular formula is C27H43N5O2S. The number of nitrogens with zero attached hydrogens (tertiary/aromatic N) is 5. The summed E-state index contributed by atoms with van der Waals surface area (Å²) in [6.45, 7) is 12.8. The van der Waals surface area contributed by atoms with Crippen LogP contribution in [0.3, 0.4) is 0 Å². The second-order valence-electron chi connectivity index (χ2n) is 10.6. The Hall–Kier alpha value is -1.77. The molecule has 35 heavy (non-hydrogen) atoms. The highest BCUT2D eigenvalue weighted by Crippen LogP contribution is 2.37. The Kier molecular flexibility index (Phi) is 8.66. The van der Waals surface area contributed by atoms with Gasteiger partial charge in [0.1, 0.15) is 11.6 Å². The van der Waals surface area contributed by atoms with Crippen LogP contribution in [-0.4, -0.2) is 70.9 Å². The van der Waals surface area contributed by atoms with Crippen molar-refractivity contribution in [3.8, 4) is 0 Å². The third-order valence-corrected chi connectivity index (χ3v) is 10.0. The molecule has 2 saturated heterocycles. The molecule has 1 atom stereocenters. The number of hydrogen-bond acceptors (Lipinski definition) is 5. The highest BCUT2D eigenvalue weighted by atomic mass is 32.2. The van der Waals surface area contributed by atoms with Crippen molar-refractivity contribution < 1.29 is 8.42 Å². The minimum Gasteiger partial charge on any atom is -0.312 e. The van der Waals surface area contributed by atoms with Crippen LogP contribution in [0.15, 0.2) is 30.3 Å². The molecule has 1 aromatic heterocycles. The highest BCUT2D eigenvalue weighted by molar-refractivity contribution is 7.89. The monoisotopic (exact) mass is 501 g/mol. The smallest absolute Gasteiger partial charge is 0.213 e. The van der Waals surface area contributed by atoms with Crippen LogP contribution in [0.5, 0.6) is 0 Å². The Morgan fingerprint density at radius 2 is 1.63 bits per heavy atom. The average Bonchev–Trinajstić information content (AvgIpc) is 3.27. The van der Waals surface area contributed by atoms with Gasteiger partial charge in [0.15, 0.2) is 0 Å². The normalized spacial score (nSPS) is 20.5. The Labute approximate surface area is 212 Å². The van der Waals surface area contributed by atoms with Crippen LogP contribution in [0.2, 0.25) is 0 Å². The summed E-state index contributed by atoms with van der Waals surface area (Å²) in [6, 6.07) is 11.4. The van der Waals surface area contributed by atoms with Crippen LogP contribution in [0.25, 0.3) is 0 Å². The summed E-state index contributed by atoms with van der Waals surface area (Å²) in [6.07, 6.45) is 5.31. The molecule has 0 N–H and O–H groups in total. The number of piperidine rings is 2. The summed E-state index contributed by atoms with van der Waals surface area (Å²) < 4.78 is 28.8. The lowest BCUT2D eigenvalue weighted by atomic mass is 9.78. The molecule has 0 aliphatic carbocycles. The molecule has 0 bridgehead atoms. The second-order valence-corrected chi connectivity index (χ2v) is 12.9. The maximum atomic E-state index is 12.3. The second kappa shape index (κ2) is 11.5. The van der Waals surface area contributed by atoms with E-state index in [1.165, 1.54) is 5.56 Å². The van der Waals surface area contributed by atoms with Gasteiger partial charge in [0.05, 0.1) is 5.75 Å². The van der Waals surface area contributed by atoms with Crippen molar-refractivity contribution in [2.75, 3.05) is 38.5 Å². The van der Waals surface area contributed by atoms with Gasteiger partial charge in [-0.15, -0.1) is 10.2 Å². The maximum absolute atomic E-state index is 12.3. The van der Waals surface area contributed by atoms with E-state index in [1.54, 1.807) is 11.2 Å². The summed E-state index contributed by atoms with van der Waals surface area (Å²) >= 11 is 0. The number of sulfonamides is 1. The fraction of sp³-hybridized carbons (Fsp3) is 0.704. The first-order chi connectivity index (χ1) is 16.8. The van der Waals surface area contributed by atoms with Crippen molar-refractivity contribution in [1.82, 2.24) is 24.0 Å². The van der Waals surface area contributed by atoms with Crippen molar-refractivity contribution in [3.05, 3.63) is 47.5 Å². The molecule has 1 aromatic carbocycles. The lowest BCUT2D eigenvalue weighted by molar-refractivity contribution is 0.165. The first kappa shape index (κ1) is 26.3. The summed E-state index contributed by atoms with van der Waals surface area (Å²) in [7, 11) is -3.09. The molecule has 3 heterocycles. The first-order valence-corrected chi connectivity index (χ1v) is 15.1. The molecule has 0 spiro atoms. The molecule has 0 radical (unpaired) electrons. The predicted molar refractivity (Wildman–Crippen MR) is 141 cm³/mol. The van der Waals surface area contributed by atoms with Crippen LogP contribution in [0.1, 0.15) is 88.0 Å². The van der Waals surface area contributed by atoms with E-state index in [1.807, 2.05) is 0 Å². The van der Waals surface area contributed by atoms with Crippen molar-refractivity contribution in [2.45, 2.75) is 77.7 Å². The van der Waals surface area contributed by atoms with E-state index < -0.39 is 10.0 Å². The molecule has 1 unspecified atom stereocenters. The fourth-order valence-electron chi connectivity index (χ4n) is 6.07. The molecule has 0 amide bonds. The van der Waals surface area contributed by atoms with Crippen molar-refractivity contribution in [1.29, 1.82) is 0 Å². The largest absolute Gasteiger partial charge is 0.312 e. The molecule has 8 heteroatoms. The van der Waals surface area contributed by atoms with E-state index in [-0.39, 0.29) is 5.75 Å². The summed E-state index contributed by atoms with van der Waals surface area (Å²) in [4.78, 5) is 2.62. The Bertz CT molecular complexity index is 1040. The molecule has 2 aliphatic rings. The zero-order chi connectivity index (χ0) is 25.0. The van der Waals surface area contributed by atoms with E-state index in [9.17, 15) is 8.42 Å². The standard InChI is InChI=1S/C27H43N5O2S/c1-5-35(33,34)31-19-11-24(12-20-31)26(23-9-7-6-8-10-23)15-18-30-16-13-25(14-17-30)32-22(4)28-29-27(32)21(2)3/h6-10,21,24-26H,5,11-20H2,1-4H3. The zero-order valence-electron chi connectivity index (χ0n) is 21.9. The van der Waals surface area contributed by atoms with Gasteiger partial charge in [-0.3, -0.25) is 0 Å². The fourth-order valence-corrected chi connectivity index (χ4v) is 7.20. The van der Waals surface area contributed by atoms with Crippen LogP contribution < -0.4 is 0 Å². The van der Waals surface area contributed by atoms with Crippen LogP contribution in [0, 0.1) is 12.8 Å². The van der Waals surface area contributed by atoms with E-state index in [0.29, 0.717) is 36.9 Å². The van der Waals surface area contributed by atoms with Crippen LogP contribution >= 0.6 is 0 Å². The average molecular weight is 502 g/mol. The number of hydrogen-bond donors (Lipinski definition) is 0. The van der Waals surface area contributed by atoms with Crippen molar-refractivity contribution in [3.63, 3.8) is 0 Å². The summed E-state index contributed by atoms with van der Waals surface area (Å²) in [5, 5.41) is 8.80. The third kappa shape index (κ3) is 6.15. The molecular weight excluding hydrogens is 458 g/mol. The van der Waals surface area contributed by atoms with Gasteiger partial charge >= 0.3 is 0 Å². The first-order valence-electron chi connectivity index (χ1n) is 13.5. The molecule has 194 valence electrons. The van der Waals surface area contributed by atoms with Gasteiger partial charge in [-0.05, 0) is 69.9 Å². The van der Waals surface area contributed by atoms with E-state index in [0.717, 1.165) is 63.4 Å². The maximum Gasteiger partial charge on any atom is 0.213 e. The zero-order valence-corrected chi connectivity index (χ0v) is 22.8. The van der Waals surface area contributed by atoms with Gasteiger partial charge in [0, 0.05) is 38.1 Å². The van der Waals surface area contributed by atoms with E-state index in [2.05, 4.69) is 70.8 Å². The SMILES string of the molecule is CCS(=O)(=O)N1CCC(C(CCN2CCC(n3c(C)nnc3C(C)C)CC2)c2ccccc2)CC1. The number of likely N-dealkylation sites (tertiary alicyclic amines) is 1. The van der Waals surface area contributed by atoms with Crippen LogP contribution in [-0.2, 0) is 10.0 Å². The third-order valence-electron chi connectivity index (χ3n) is 8.14. The van der Waals surface area contributed by atoms with Crippen molar-refractivity contribution >= 4 is 10.0 Å². The minimum absolute atomic E-state index is 0.197. The van der Waals surface area contributed by atoms with Gasteiger partial charge in [0.25, 0.3) is 0 Å². The lowest BCUT2D eigenvalue weighted by Crippen LogP contribution is -2.41. The number of aryl methyl sites for hydroxylation is 1. The summed E-state index contributed by atoms with van der Waals surface area (Å²) in [5.41, 5.74) is 1.40. The Morgan fingerprint density at radius 1 is 0.971 bits per heavy atom. The van der Waals surface area contributed by atoms with E-state index in [4.69, 9.17) is 0 Å². The summed E-state index contributed by atoms with van der Waals surface area (Å²) in [5.74, 6) is 3.75. The van der Waals surface area contributed by atoms with Gasteiger partial charge in [-0.25, -0.2) is 12.7 Å². The van der Waals surface area contributed by atoms with Gasteiger partial charge < -0.3 is 9.47 Å². The molecule has 2 fully saturated rings. The molecule has 7 nitrogen and oxygen atoms in total.